The van der Waals surface area contributed by atoms with Gasteiger partial charge in [0, 0.05) is 12.0 Å². The van der Waals surface area contributed by atoms with Crippen molar-refractivity contribution in [1.82, 2.24) is 0 Å². The van der Waals surface area contributed by atoms with E-state index < -0.39 is 0 Å². The van der Waals surface area contributed by atoms with Gasteiger partial charge in [0.2, 0.25) is 0 Å². The second-order valence-corrected chi connectivity index (χ2v) is 5.41. The predicted octanol–water partition coefficient (Wildman–Crippen LogP) is 3.77. The van der Waals surface area contributed by atoms with Crippen LogP contribution in [0.1, 0.15) is 51.0 Å². The van der Waals surface area contributed by atoms with E-state index >= 15 is 0 Å². The van der Waals surface area contributed by atoms with E-state index in [0.29, 0.717) is 18.4 Å². The topological polar surface area (TPSA) is 29.5 Å². The Morgan fingerprint density at radius 3 is 2.65 bits per heavy atom. The standard InChI is InChI=1S/C18H24O2/c1-2-16-8-3-4-9-18(16)20-17-12-10-15(11-13-17)7-5-6-14-19/h10-13,16,18-19H,2-4,6,8-9,14H2,1H3. The zero-order valence-corrected chi connectivity index (χ0v) is 12.3. The molecule has 1 fully saturated rings. The van der Waals surface area contributed by atoms with E-state index in [4.69, 9.17) is 9.84 Å². The summed E-state index contributed by atoms with van der Waals surface area (Å²) in [4.78, 5) is 0. The number of benzene rings is 1. The number of aliphatic hydroxyl groups is 1. The van der Waals surface area contributed by atoms with Crippen LogP contribution < -0.4 is 4.74 Å². The summed E-state index contributed by atoms with van der Waals surface area (Å²) in [5, 5.41) is 8.70. The minimum absolute atomic E-state index is 0.119. The minimum atomic E-state index is 0.119. The minimum Gasteiger partial charge on any atom is -0.490 e. The first-order valence-corrected chi connectivity index (χ1v) is 7.70. The van der Waals surface area contributed by atoms with Gasteiger partial charge in [-0.05, 0) is 55.9 Å². The molecule has 1 aliphatic carbocycles. The lowest BCUT2D eigenvalue weighted by Gasteiger charge is -2.31. The molecule has 0 spiro atoms. The van der Waals surface area contributed by atoms with Crippen LogP contribution in [-0.2, 0) is 0 Å². The van der Waals surface area contributed by atoms with E-state index in [1.165, 1.54) is 32.1 Å². The molecule has 20 heavy (non-hydrogen) atoms. The highest BCUT2D eigenvalue weighted by Gasteiger charge is 2.25. The molecule has 0 radical (unpaired) electrons. The molecule has 0 amide bonds. The van der Waals surface area contributed by atoms with Crippen LogP contribution in [0.4, 0.5) is 0 Å². The van der Waals surface area contributed by atoms with Crippen molar-refractivity contribution >= 4 is 0 Å². The molecule has 2 nitrogen and oxygen atoms in total. The van der Waals surface area contributed by atoms with Crippen LogP contribution in [0.15, 0.2) is 24.3 Å². The molecule has 2 unspecified atom stereocenters. The van der Waals surface area contributed by atoms with Crippen LogP contribution in [0.3, 0.4) is 0 Å². The lowest BCUT2D eigenvalue weighted by atomic mass is 9.85. The third-order valence-corrected chi connectivity index (χ3v) is 3.98. The molecule has 2 heteroatoms. The van der Waals surface area contributed by atoms with Gasteiger partial charge in [-0.3, -0.25) is 0 Å². The summed E-state index contributed by atoms with van der Waals surface area (Å²) in [6.45, 7) is 2.38. The molecule has 2 rings (SSSR count). The Morgan fingerprint density at radius 2 is 1.95 bits per heavy atom. The van der Waals surface area contributed by atoms with Gasteiger partial charge in [-0.1, -0.05) is 25.2 Å². The average Bonchev–Trinajstić information content (AvgIpc) is 2.50. The summed E-state index contributed by atoms with van der Waals surface area (Å²) < 4.78 is 6.15. The SMILES string of the molecule is CCC1CCCCC1Oc1ccc(C#CCCO)cc1. The van der Waals surface area contributed by atoms with Crippen molar-refractivity contribution in [3.63, 3.8) is 0 Å². The Labute approximate surface area is 122 Å². The van der Waals surface area contributed by atoms with Crippen molar-refractivity contribution in [3.8, 4) is 17.6 Å². The molecule has 1 aliphatic rings. The van der Waals surface area contributed by atoms with E-state index in [0.717, 1.165) is 11.3 Å². The maximum atomic E-state index is 8.70. The van der Waals surface area contributed by atoms with E-state index in [1.54, 1.807) is 0 Å². The highest BCUT2D eigenvalue weighted by molar-refractivity contribution is 5.38. The number of hydrogen-bond donors (Lipinski definition) is 1. The molecule has 0 aliphatic heterocycles. The Hall–Kier alpha value is -1.46. The number of rotatable bonds is 4. The second kappa shape index (κ2) is 7.97. The first-order valence-electron chi connectivity index (χ1n) is 7.70. The Balaban J connectivity index is 1.94. The van der Waals surface area contributed by atoms with Crippen molar-refractivity contribution in [3.05, 3.63) is 29.8 Å². The van der Waals surface area contributed by atoms with E-state index in [1.807, 2.05) is 24.3 Å². The molecule has 0 aromatic heterocycles. The van der Waals surface area contributed by atoms with Gasteiger partial charge in [0.05, 0.1) is 6.61 Å². The quantitative estimate of drug-likeness (QED) is 0.845. The van der Waals surface area contributed by atoms with Crippen LogP contribution in [0.2, 0.25) is 0 Å². The molecule has 108 valence electrons. The van der Waals surface area contributed by atoms with E-state index in [9.17, 15) is 0 Å². The lowest BCUT2D eigenvalue weighted by molar-refractivity contribution is 0.0904. The predicted molar refractivity (Wildman–Crippen MR) is 81.7 cm³/mol. The molecule has 1 aromatic rings. The summed E-state index contributed by atoms with van der Waals surface area (Å²) in [6.07, 6.45) is 7.21. The summed E-state index contributed by atoms with van der Waals surface area (Å²) in [7, 11) is 0. The molecule has 1 N–H and O–H groups in total. The van der Waals surface area contributed by atoms with Crippen molar-refractivity contribution in [1.29, 1.82) is 0 Å². The Bertz CT molecular complexity index is 453. The Morgan fingerprint density at radius 1 is 1.20 bits per heavy atom. The Kier molecular flexibility index (Phi) is 5.95. The zero-order chi connectivity index (χ0) is 14.2. The van der Waals surface area contributed by atoms with Gasteiger partial charge in [-0.25, -0.2) is 0 Å². The second-order valence-electron chi connectivity index (χ2n) is 5.41. The largest absolute Gasteiger partial charge is 0.490 e. The molecular weight excluding hydrogens is 248 g/mol. The smallest absolute Gasteiger partial charge is 0.119 e. The van der Waals surface area contributed by atoms with E-state index in [2.05, 4.69) is 18.8 Å². The van der Waals surface area contributed by atoms with Gasteiger partial charge in [0.15, 0.2) is 0 Å². The van der Waals surface area contributed by atoms with E-state index in [-0.39, 0.29) is 6.61 Å². The third-order valence-electron chi connectivity index (χ3n) is 3.98. The van der Waals surface area contributed by atoms with Crippen LogP contribution in [0.5, 0.6) is 5.75 Å². The molecule has 1 saturated carbocycles. The maximum Gasteiger partial charge on any atom is 0.119 e. The normalized spacial score (nSPS) is 21.9. The highest BCUT2D eigenvalue weighted by Crippen LogP contribution is 2.30. The fraction of sp³-hybridized carbons (Fsp3) is 0.556. The summed E-state index contributed by atoms with van der Waals surface area (Å²) in [5.74, 6) is 7.61. The van der Waals surface area contributed by atoms with Crippen molar-refractivity contribution in [2.24, 2.45) is 5.92 Å². The van der Waals surface area contributed by atoms with Gasteiger partial charge in [0.1, 0.15) is 11.9 Å². The van der Waals surface area contributed by atoms with Gasteiger partial charge >= 0.3 is 0 Å². The maximum absolute atomic E-state index is 8.70. The van der Waals surface area contributed by atoms with Crippen molar-refractivity contribution < 1.29 is 9.84 Å². The average molecular weight is 272 g/mol. The van der Waals surface area contributed by atoms with Gasteiger partial charge in [-0.2, -0.15) is 0 Å². The first-order chi connectivity index (χ1) is 9.83. The fourth-order valence-electron chi connectivity index (χ4n) is 2.81. The third kappa shape index (κ3) is 4.28. The molecule has 1 aromatic carbocycles. The first kappa shape index (κ1) is 14.9. The number of ether oxygens (including phenoxy) is 1. The fourth-order valence-corrected chi connectivity index (χ4v) is 2.81. The van der Waals surface area contributed by atoms with Crippen molar-refractivity contribution in [2.75, 3.05) is 6.61 Å². The summed E-state index contributed by atoms with van der Waals surface area (Å²) in [5.41, 5.74) is 0.974. The van der Waals surface area contributed by atoms with Crippen LogP contribution in [0.25, 0.3) is 0 Å². The van der Waals surface area contributed by atoms with Crippen LogP contribution in [0, 0.1) is 17.8 Å². The van der Waals surface area contributed by atoms with Gasteiger partial charge in [0.25, 0.3) is 0 Å². The molecule has 0 heterocycles. The molecule has 0 bridgehead atoms. The monoisotopic (exact) mass is 272 g/mol. The molecule has 0 saturated heterocycles. The molecular formula is C18H24O2. The zero-order valence-electron chi connectivity index (χ0n) is 12.3. The number of hydrogen-bond acceptors (Lipinski definition) is 2. The highest BCUT2D eigenvalue weighted by atomic mass is 16.5. The van der Waals surface area contributed by atoms with Crippen LogP contribution in [-0.4, -0.2) is 17.8 Å². The lowest BCUT2D eigenvalue weighted by Crippen LogP contribution is -2.29. The van der Waals surface area contributed by atoms with Gasteiger partial charge in [-0.15, -0.1) is 0 Å². The number of aliphatic hydroxyl groups excluding tert-OH is 1. The van der Waals surface area contributed by atoms with Gasteiger partial charge < -0.3 is 9.84 Å². The summed E-state index contributed by atoms with van der Waals surface area (Å²) >= 11 is 0. The van der Waals surface area contributed by atoms with Crippen molar-refractivity contribution in [2.45, 2.75) is 51.6 Å². The van der Waals surface area contributed by atoms with Crippen LogP contribution >= 0.6 is 0 Å². The molecule has 2 atom stereocenters. The summed E-state index contributed by atoms with van der Waals surface area (Å²) in [6, 6.07) is 7.99.